The van der Waals surface area contributed by atoms with Crippen molar-refractivity contribution in [3.63, 3.8) is 0 Å². The summed E-state index contributed by atoms with van der Waals surface area (Å²) < 4.78 is 14.8. The molecule has 0 radical (unpaired) electrons. The summed E-state index contributed by atoms with van der Waals surface area (Å²) in [6.07, 6.45) is -0.299. The number of carbonyl (C=O) groups excluding carboxylic acids is 4. The number of hydrogen-bond donors (Lipinski definition) is 2. The van der Waals surface area contributed by atoms with E-state index in [4.69, 9.17) is 9.47 Å². The molecule has 2 aromatic rings. The summed E-state index contributed by atoms with van der Waals surface area (Å²) in [5, 5.41) is 2.55. The van der Waals surface area contributed by atoms with Crippen molar-refractivity contribution in [2.75, 3.05) is 19.0 Å². The third-order valence-electron chi connectivity index (χ3n) is 4.11. The van der Waals surface area contributed by atoms with Crippen LogP contribution < -0.4 is 5.32 Å². The Kier molecular flexibility index (Phi) is 7.35. The standard InChI is InChI=1S/C21H24N2O7/c1-11(2)30-20(26)17-12(3)18(22-13(17)4)21(27)29-10-16(24)23-15-8-6-14(7-9-15)19(25)28-5/h6-9,11,22H,10H2,1-5H3,(H,23,24). The minimum absolute atomic E-state index is 0.0819. The summed E-state index contributed by atoms with van der Waals surface area (Å²) in [4.78, 5) is 50.8. The number of aromatic nitrogens is 1. The van der Waals surface area contributed by atoms with Crippen LogP contribution in [0.4, 0.5) is 5.69 Å². The third-order valence-corrected chi connectivity index (χ3v) is 4.11. The molecule has 1 aromatic heterocycles. The van der Waals surface area contributed by atoms with Crippen LogP contribution in [0.5, 0.6) is 0 Å². The molecular formula is C21H24N2O7. The number of ether oxygens (including phenoxy) is 3. The van der Waals surface area contributed by atoms with Gasteiger partial charge in [-0.25, -0.2) is 14.4 Å². The first-order valence-electron chi connectivity index (χ1n) is 9.19. The normalized spacial score (nSPS) is 10.5. The van der Waals surface area contributed by atoms with Crippen LogP contribution >= 0.6 is 0 Å². The molecule has 160 valence electrons. The van der Waals surface area contributed by atoms with Crippen molar-refractivity contribution in [2.24, 2.45) is 0 Å². The van der Waals surface area contributed by atoms with Crippen molar-refractivity contribution in [1.82, 2.24) is 4.98 Å². The lowest BCUT2D eigenvalue weighted by Crippen LogP contribution is -2.21. The molecule has 30 heavy (non-hydrogen) atoms. The summed E-state index contributed by atoms with van der Waals surface area (Å²) in [5.74, 6) is -2.36. The number of anilines is 1. The smallest absolute Gasteiger partial charge is 0.355 e. The lowest BCUT2D eigenvalue weighted by atomic mass is 10.1. The Bertz CT molecular complexity index is 958. The van der Waals surface area contributed by atoms with Gasteiger partial charge in [-0.15, -0.1) is 0 Å². The Morgan fingerprint density at radius 3 is 2.20 bits per heavy atom. The molecule has 0 saturated carbocycles. The first kappa shape index (κ1) is 22.7. The predicted molar refractivity (Wildman–Crippen MR) is 108 cm³/mol. The summed E-state index contributed by atoms with van der Waals surface area (Å²) in [6.45, 7) is 6.17. The van der Waals surface area contributed by atoms with Gasteiger partial charge in [0.25, 0.3) is 5.91 Å². The average molecular weight is 416 g/mol. The second-order valence-corrected chi connectivity index (χ2v) is 6.77. The van der Waals surface area contributed by atoms with Crippen molar-refractivity contribution in [3.05, 3.63) is 52.3 Å². The zero-order valence-corrected chi connectivity index (χ0v) is 17.5. The maximum absolute atomic E-state index is 12.3. The van der Waals surface area contributed by atoms with Gasteiger partial charge in [-0.2, -0.15) is 0 Å². The third kappa shape index (κ3) is 5.47. The molecule has 0 spiro atoms. The molecular weight excluding hydrogens is 392 g/mol. The quantitative estimate of drug-likeness (QED) is 0.525. The summed E-state index contributed by atoms with van der Waals surface area (Å²) in [5.41, 5.74) is 1.98. The van der Waals surface area contributed by atoms with E-state index < -0.39 is 30.4 Å². The number of methoxy groups -OCH3 is 1. The number of amides is 1. The Morgan fingerprint density at radius 2 is 1.63 bits per heavy atom. The summed E-state index contributed by atoms with van der Waals surface area (Å²) in [7, 11) is 1.27. The number of benzene rings is 1. The second kappa shape index (κ2) is 9.73. The van der Waals surface area contributed by atoms with E-state index in [9.17, 15) is 19.2 Å². The number of rotatable bonds is 7. The number of nitrogens with one attached hydrogen (secondary N) is 2. The molecule has 0 aliphatic rings. The van der Waals surface area contributed by atoms with Gasteiger partial charge in [0.2, 0.25) is 0 Å². The maximum Gasteiger partial charge on any atom is 0.355 e. The van der Waals surface area contributed by atoms with Gasteiger partial charge in [0, 0.05) is 11.4 Å². The van der Waals surface area contributed by atoms with E-state index in [2.05, 4.69) is 15.0 Å². The van der Waals surface area contributed by atoms with E-state index in [1.165, 1.54) is 31.4 Å². The van der Waals surface area contributed by atoms with Crippen molar-refractivity contribution >= 4 is 29.5 Å². The van der Waals surface area contributed by atoms with E-state index in [0.29, 0.717) is 22.5 Å². The Hall–Kier alpha value is -3.62. The number of esters is 3. The summed E-state index contributed by atoms with van der Waals surface area (Å²) in [6, 6.07) is 6.04. The minimum Gasteiger partial charge on any atom is -0.465 e. The summed E-state index contributed by atoms with van der Waals surface area (Å²) >= 11 is 0. The number of aromatic amines is 1. The molecule has 2 rings (SSSR count). The van der Waals surface area contributed by atoms with Gasteiger partial charge in [0.05, 0.1) is 24.3 Å². The molecule has 9 nitrogen and oxygen atoms in total. The molecule has 0 bridgehead atoms. The number of carbonyl (C=O) groups is 4. The van der Waals surface area contributed by atoms with Crippen LogP contribution in [0.2, 0.25) is 0 Å². The molecule has 2 N–H and O–H groups in total. The van der Waals surface area contributed by atoms with E-state index in [0.717, 1.165) is 0 Å². The molecule has 0 atom stereocenters. The van der Waals surface area contributed by atoms with E-state index in [1.807, 2.05) is 0 Å². The molecule has 1 amide bonds. The van der Waals surface area contributed by atoms with Gasteiger partial charge < -0.3 is 24.5 Å². The van der Waals surface area contributed by atoms with Gasteiger partial charge in [-0.1, -0.05) is 0 Å². The molecule has 0 aliphatic carbocycles. The molecule has 0 saturated heterocycles. The van der Waals surface area contributed by atoms with E-state index in [-0.39, 0.29) is 17.4 Å². The lowest BCUT2D eigenvalue weighted by Gasteiger charge is -2.08. The number of hydrogen-bond acceptors (Lipinski definition) is 7. The molecule has 0 unspecified atom stereocenters. The fourth-order valence-corrected chi connectivity index (χ4v) is 2.74. The van der Waals surface area contributed by atoms with Gasteiger partial charge in [-0.3, -0.25) is 4.79 Å². The Morgan fingerprint density at radius 1 is 1.00 bits per heavy atom. The van der Waals surface area contributed by atoms with Crippen molar-refractivity contribution in [3.8, 4) is 0 Å². The fourth-order valence-electron chi connectivity index (χ4n) is 2.74. The first-order chi connectivity index (χ1) is 14.1. The van der Waals surface area contributed by atoms with E-state index in [1.54, 1.807) is 27.7 Å². The van der Waals surface area contributed by atoms with Gasteiger partial charge in [-0.05, 0) is 57.5 Å². The van der Waals surface area contributed by atoms with Crippen LogP contribution in [-0.4, -0.2) is 48.6 Å². The topological polar surface area (TPSA) is 124 Å². The number of H-pyrrole nitrogens is 1. The SMILES string of the molecule is COC(=O)c1ccc(NC(=O)COC(=O)c2[nH]c(C)c(C(=O)OC(C)C)c2C)cc1. The molecule has 9 heteroatoms. The molecule has 0 aliphatic heterocycles. The van der Waals surface area contributed by atoms with Crippen molar-refractivity contribution < 1.29 is 33.4 Å². The second-order valence-electron chi connectivity index (χ2n) is 6.77. The van der Waals surface area contributed by atoms with Crippen LogP contribution in [-0.2, 0) is 19.0 Å². The highest BCUT2D eigenvalue weighted by Crippen LogP contribution is 2.20. The molecule has 1 aromatic carbocycles. The molecule has 1 heterocycles. The van der Waals surface area contributed by atoms with Crippen LogP contribution in [0.3, 0.4) is 0 Å². The first-order valence-corrected chi connectivity index (χ1v) is 9.19. The van der Waals surface area contributed by atoms with Crippen molar-refractivity contribution in [2.45, 2.75) is 33.8 Å². The van der Waals surface area contributed by atoms with Gasteiger partial charge in [0.15, 0.2) is 6.61 Å². The number of aryl methyl sites for hydroxylation is 1. The van der Waals surface area contributed by atoms with E-state index >= 15 is 0 Å². The lowest BCUT2D eigenvalue weighted by molar-refractivity contribution is -0.119. The highest BCUT2D eigenvalue weighted by molar-refractivity contribution is 6.00. The van der Waals surface area contributed by atoms with Gasteiger partial charge in [0.1, 0.15) is 5.69 Å². The fraction of sp³-hybridized carbons (Fsp3) is 0.333. The Balaban J connectivity index is 1.98. The molecule has 0 fully saturated rings. The maximum atomic E-state index is 12.3. The monoisotopic (exact) mass is 416 g/mol. The van der Waals surface area contributed by atoms with Crippen LogP contribution in [0.25, 0.3) is 0 Å². The van der Waals surface area contributed by atoms with Crippen LogP contribution in [0, 0.1) is 13.8 Å². The largest absolute Gasteiger partial charge is 0.465 e. The Labute approximate surface area is 173 Å². The van der Waals surface area contributed by atoms with Crippen molar-refractivity contribution in [1.29, 1.82) is 0 Å². The average Bonchev–Trinajstić information content (AvgIpc) is 2.99. The zero-order chi connectivity index (χ0) is 22.4. The van der Waals surface area contributed by atoms with Crippen LogP contribution in [0.1, 0.15) is 56.3 Å². The van der Waals surface area contributed by atoms with Gasteiger partial charge >= 0.3 is 17.9 Å². The highest BCUT2D eigenvalue weighted by atomic mass is 16.5. The van der Waals surface area contributed by atoms with Crippen LogP contribution in [0.15, 0.2) is 24.3 Å². The zero-order valence-electron chi connectivity index (χ0n) is 17.5. The minimum atomic E-state index is -0.768. The predicted octanol–water partition coefficient (Wildman–Crippen LogP) is 2.78. The highest BCUT2D eigenvalue weighted by Gasteiger charge is 2.24.